The SMILES string of the molecule is CC(=O)c1nn(CC(=O)N2CCC[C@H]2C(=O)NC2CC(C)(C)C2)c2ccc(OCc3ncccn3)cc12. The summed E-state index contributed by atoms with van der Waals surface area (Å²) < 4.78 is 7.35. The smallest absolute Gasteiger partial charge is 0.245 e. The molecule has 0 radical (unpaired) electrons. The fraction of sp³-hybridized carbons (Fsp3) is 0.481. The Balaban J connectivity index is 1.30. The predicted molar refractivity (Wildman–Crippen MR) is 136 cm³/mol. The van der Waals surface area contributed by atoms with Crippen LogP contribution in [0.4, 0.5) is 0 Å². The van der Waals surface area contributed by atoms with Crippen LogP contribution in [-0.2, 0) is 22.7 Å². The average Bonchev–Trinajstić information content (AvgIpc) is 3.48. The number of ketones is 1. The van der Waals surface area contributed by atoms with Crippen molar-refractivity contribution in [1.29, 1.82) is 0 Å². The van der Waals surface area contributed by atoms with Crippen LogP contribution >= 0.6 is 0 Å². The Morgan fingerprint density at radius 2 is 1.92 bits per heavy atom. The van der Waals surface area contributed by atoms with Crippen LogP contribution in [0.5, 0.6) is 5.75 Å². The number of aromatic nitrogens is 4. The molecule has 2 fully saturated rings. The molecule has 3 heterocycles. The molecule has 2 amide bonds. The van der Waals surface area contributed by atoms with Crippen molar-refractivity contribution >= 4 is 28.5 Å². The molecule has 194 valence electrons. The van der Waals surface area contributed by atoms with Gasteiger partial charge in [0.1, 0.15) is 30.6 Å². The fourth-order valence-electron chi connectivity index (χ4n) is 5.41. The quantitative estimate of drug-likeness (QED) is 0.469. The summed E-state index contributed by atoms with van der Waals surface area (Å²) >= 11 is 0. The van der Waals surface area contributed by atoms with Crippen molar-refractivity contribution < 1.29 is 19.1 Å². The van der Waals surface area contributed by atoms with Gasteiger partial charge in [0.05, 0.1) is 5.52 Å². The molecular weight excluding hydrogens is 472 g/mol. The van der Waals surface area contributed by atoms with E-state index in [0.717, 1.165) is 19.3 Å². The maximum atomic E-state index is 13.3. The van der Waals surface area contributed by atoms with E-state index in [1.807, 2.05) is 0 Å². The van der Waals surface area contributed by atoms with E-state index >= 15 is 0 Å². The average molecular weight is 505 g/mol. The lowest BCUT2D eigenvalue weighted by Crippen LogP contribution is -2.54. The normalized spacial score (nSPS) is 19.0. The highest BCUT2D eigenvalue weighted by Gasteiger charge is 2.40. The van der Waals surface area contributed by atoms with Crippen LogP contribution in [0.1, 0.15) is 62.8 Å². The van der Waals surface area contributed by atoms with E-state index in [1.165, 1.54) is 6.92 Å². The molecule has 1 aliphatic carbocycles. The lowest BCUT2D eigenvalue weighted by Gasteiger charge is -2.43. The zero-order valence-electron chi connectivity index (χ0n) is 21.4. The summed E-state index contributed by atoms with van der Waals surface area (Å²) in [4.78, 5) is 48.5. The van der Waals surface area contributed by atoms with Crippen molar-refractivity contribution in [2.75, 3.05) is 6.54 Å². The van der Waals surface area contributed by atoms with Gasteiger partial charge in [0.15, 0.2) is 11.6 Å². The molecule has 1 saturated carbocycles. The number of benzene rings is 1. The number of likely N-dealkylation sites (tertiary alicyclic amines) is 1. The van der Waals surface area contributed by atoms with E-state index in [1.54, 1.807) is 46.2 Å². The largest absolute Gasteiger partial charge is 0.486 e. The minimum Gasteiger partial charge on any atom is -0.486 e. The van der Waals surface area contributed by atoms with Gasteiger partial charge in [-0.25, -0.2) is 9.97 Å². The van der Waals surface area contributed by atoms with Gasteiger partial charge in [-0.1, -0.05) is 13.8 Å². The van der Waals surface area contributed by atoms with Crippen molar-refractivity contribution in [1.82, 2.24) is 30.0 Å². The molecule has 2 aromatic heterocycles. The van der Waals surface area contributed by atoms with Gasteiger partial charge in [-0.15, -0.1) is 0 Å². The summed E-state index contributed by atoms with van der Waals surface area (Å²) in [5.41, 5.74) is 1.19. The monoisotopic (exact) mass is 504 g/mol. The van der Waals surface area contributed by atoms with Gasteiger partial charge in [0.25, 0.3) is 0 Å². The van der Waals surface area contributed by atoms with E-state index in [-0.39, 0.29) is 47.9 Å². The topological polar surface area (TPSA) is 119 Å². The minimum atomic E-state index is -0.467. The standard InChI is InChI=1S/C27H32N6O4/c1-17(34)25-20-12-19(37-16-23-28-9-5-10-29-23)7-8-21(20)33(31-25)15-24(35)32-11-4-6-22(32)26(36)30-18-13-27(2,3)14-18/h5,7-10,12,18,22H,4,6,11,13-16H2,1-3H3,(H,30,36)/t22-/m0/s1. The van der Waals surface area contributed by atoms with Gasteiger partial charge in [0.2, 0.25) is 11.8 Å². The number of hydrogen-bond donors (Lipinski definition) is 1. The molecule has 2 aliphatic rings. The summed E-state index contributed by atoms with van der Waals surface area (Å²) in [6.45, 7) is 6.50. The molecule has 3 aromatic rings. The molecule has 1 N–H and O–H groups in total. The predicted octanol–water partition coefficient (Wildman–Crippen LogP) is 2.90. The fourth-order valence-corrected chi connectivity index (χ4v) is 5.41. The minimum absolute atomic E-state index is 0.0535. The first-order valence-corrected chi connectivity index (χ1v) is 12.7. The molecule has 5 rings (SSSR count). The van der Waals surface area contributed by atoms with Gasteiger partial charge in [-0.05, 0) is 55.4 Å². The molecule has 10 heteroatoms. The van der Waals surface area contributed by atoms with Gasteiger partial charge in [0, 0.05) is 37.3 Å². The van der Waals surface area contributed by atoms with E-state index in [4.69, 9.17) is 4.74 Å². The third-order valence-electron chi connectivity index (χ3n) is 7.15. The van der Waals surface area contributed by atoms with Crippen LogP contribution in [0, 0.1) is 5.41 Å². The maximum Gasteiger partial charge on any atom is 0.245 e. The number of nitrogens with zero attached hydrogens (tertiary/aromatic N) is 5. The number of Topliss-reactive ketones (excluding diaryl/α,β-unsaturated/α-hetero) is 1. The highest BCUT2D eigenvalue weighted by atomic mass is 16.5. The zero-order chi connectivity index (χ0) is 26.2. The number of nitrogens with one attached hydrogen (secondary N) is 1. The molecule has 37 heavy (non-hydrogen) atoms. The number of fused-ring (bicyclic) bond motifs is 1. The van der Waals surface area contributed by atoms with Crippen LogP contribution in [0.25, 0.3) is 10.9 Å². The van der Waals surface area contributed by atoms with Crippen LogP contribution in [-0.4, -0.2) is 60.9 Å². The van der Waals surface area contributed by atoms with E-state index in [0.29, 0.717) is 35.4 Å². The van der Waals surface area contributed by atoms with E-state index < -0.39 is 6.04 Å². The first kappa shape index (κ1) is 24.9. The Kier molecular flexibility index (Phi) is 6.66. The molecule has 1 aliphatic heterocycles. The Morgan fingerprint density at radius 3 is 2.62 bits per heavy atom. The van der Waals surface area contributed by atoms with Crippen LogP contribution < -0.4 is 10.1 Å². The van der Waals surface area contributed by atoms with Gasteiger partial charge in [-0.3, -0.25) is 19.1 Å². The van der Waals surface area contributed by atoms with Gasteiger partial charge < -0.3 is 15.0 Å². The van der Waals surface area contributed by atoms with E-state index in [2.05, 4.69) is 34.2 Å². The number of carbonyl (C=O) groups is 3. The van der Waals surface area contributed by atoms with E-state index in [9.17, 15) is 14.4 Å². The van der Waals surface area contributed by atoms with Crippen LogP contribution in [0.2, 0.25) is 0 Å². The van der Waals surface area contributed by atoms with Crippen LogP contribution in [0.3, 0.4) is 0 Å². The van der Waals surface area contributed by atoms with Gasteiger partial charge >= 0.3 is 0 Å². The van der Waals surface area contributed by atoms with Crippen molar-refractivity contribution in [2.45, 2.75) is 71.7 Å². The summed E-state index contributed by atoms with van der Waals surface area (Å²) in [7, 11) is 0. The molecule has 0 spiro atoms. The van der Waals surface area contributed by atoms with Crippen molar-refractivity contribution in [2.24, 2.45) is 5.41 Å². The molecule has 1 saturated heterocycles. The second-order valence-corrected chi connectivity index (χ2v) is 10.7. The maximum absolute atomic E-state index is 13.3. The Hall–Kier alpha value is -3.82. The lowest BCUT2D eigenvalue weighted by atomic mass is 9.68. The van der Waals surface area contributed by atoms with Crippen molar-refractivity contribution in [3.05, 3.63) is 48.2 Å². The summed E-state index contributed by atoms with van der Waals surface area (Å²) in [5, 5.41) is 8.18. The lowest BCUT2D eigenvalue weighted by molar-refractivity contribution is -0.139. The second kappa shape index (κ2) is 9.91. The number of ether oxygens (including phenoxy) is 1. The molecule has 0 unspecified atom stereocenters. The first-order chi connectivity index (χ1) is 17.7. The van der Waals surface area contributed by atoms with Crippen molar-refractivity contribution in [3.63, 3.8) is 0 Å². The third kappa shape index (κ3) is 5.33. The summed E-state index contributed by atoms with van der Waals surface area (Å²) in [5.74, 6) is 0.615. The Bertz CT molecular complexity index is 1330. The molecular formula is C27H32N6O4. The number of carbonyl (C=O) groups excluding carboxylic acids is 3. The second-order valence-electron chi connectivity index (χ2n) is 10.7. The summed E-state index contributed by atoms with van der Waals surface area (Å²) in [6, 6.07) is 6.74. The third-order valence-corrected chi connectivity index (χ3v) is 7.15. The summed E-state index contributed by atoms with van der Waals surface area (Å²) in [6.07, 6.45) is 6.63. The molecule has 10 nitrogen and oxygen atoms in total. The molecule has 0 bridgehead atoms. The molecule has 1 aromatic carbocycles. The number of hydrogen-bond acceptors (Lipinski definition) is 7. The Morgan fingerprint density at radius 1 is 1.16 bits per heavy atom. The van der Waals surface area contributed by atoms with Gasteiger partial charge in [-0.2, -0.15) is 5.10 Å². The number of rotatable bonds is 8. The number of amides is 2. The first-order valence-electron chi connectivity index (χ1n) is 12.7. The Labute approximate surface area is 215 Å². The van der Waals surface area contributed by atoms with Crippen molar-refractivity contribution in [3.8, 4) is 5.75 Å². The zero-order valence-corrected chi connectivity index (χ0v) is 21.4. The highest BCUT2D eigenvalue weighted by Crippen LogP contribution is 2.40. The van der Waals surface area contributed by atoms with Crippen LogP contribution in [0.15, 0.2) is 36.7 Å². The highest BCUT2D eigenvalue weighted by molar-refractivity contribution is 6.05. The molecule has 1 atom stereocenters.